The van der Waals surface area contributed by atoms with Gasteiger partial charge in [-0.05, 0) is 56.5 Å². The summed E-state index contributed by atoms with van der Waals surface area (Å²) >= 11 is 0. The van der Waals surface area contributed by atoms with Crippen LogP contribution in [0.2, 0.25) is 0 Å². The Bertz CT molecular complexity index is 1000. The lowest BCUT2D eigenvalue weighted by molar-refractivity contribution is -0.117. The molecule has 2 aromatic carbocycles. The molecule has 1 fully saturated rings. The molecule has 1 N–H and O–H groups in total. The van der Waals surface area contributed by atoms with E-state index in [1.165, 1.54) is 19.2 Å². The highest BCUT2D eigenvalue weighted by Gasteiger charge is 2.27. The summed E-state index contributed by atoms with van der Waals surface area (Å²) < 4.78 is 34.1. The summed E-state index contributed by atoms with van der Waals surface area (Å²) in [7, 11) is -2.27. The molecule has 0 aromatic heterocycles. The summed E-state index contributed by atoms with van der Waals surface area (Å²) in [5.74, 6) is 0.460. The van der Waals surface area contributed by atoms with Crippen LogP contribution in [0.1, 0.15) is 42.5 Å². The van der Waals surface area contributed by atoms with Crippen LogP contribution in [0.15, 0.2) is 41.3 Å². The Morgan fingerprint density at radius 1 is 1.14 bits per heavy atom. The van der Waals surface area contributed by atoms with Crippen LogP contribution in [0.25, 0.3) is 0 Å². The molecule has 28 heavy (non-hydrogen) atoms. The van der Waals surface area contributed by atoms with E-state index in [0.29, 0.717) is 24.4 Å². The number of ether oxygens (including phenoxy) is 1. The molecule has 0 aliphatic carbocycles. The van der Waals surface area contributed by atoms with Crippen molar-refractivity contribution in [3.63, 3.8) is 0 Å². The largest absolute Gasteiger partial charge is 0.495 e. The number of nitrogens with one attached hydrogen (secondary N) is 1. The summed E-state index contributed by atoms with van der Waals surface area (Å²) in [4.78, 5) is 13.8. The summed E-state index contributed by atoms with van der Waals surface area (Å²) in [6.45, 7) is 6.33. The molecule has 0 bridgehead atoms. The fraction of sp³-hybridized carbons (Fsp3) is 0.381. The first-order valence-electron chi connectivity index (χ1n) is 9.31. The van der Waals surface area contributed by atoms with E-state index in [1.807, 2.05) is 39.0 Å². The number of carbonyl (C=O) groups excluding carboxylic acids is 1. The average Bonchev–Trinajstić information content (AvgIpc) is 3.08. The predicted octanol–water partition coefficient (Wildman–Crippen LogP) is 3.48. The minimum Gasteiger partial charge on any atom is -0.495 e. The van der Waals surface area contributed by atoms with Gasteiger partial charge >= 0.3 is 0 Å². The topological polar surface area (TPSA) is 75.7 Å². The van der Waals surface area contributed by atoms with Crippen LogP contribution in [0.4, 0.5) is 5.69 Å². The maximum absolute atomic E-state index is 13.0. The zero-order valence-electron chi connectivity index (χ0n) is 16.7. The molecule has 1 aliphatic rings. The van der Waals surface area contributed by atoms with Crippen molar-refractivity contribution >= 4 is 21.6 Å². The molecular formula is C21H26N2O4S. The number of amides is 1. The molecule has 1 atom stereocenters. The van der Waals surface area contributed by atoms with Crippen LogP contribution < -0.4 is 14.4 Å². The number of aryl methyl sites for hydroxylation is 2. The molecule has 6 nitrogen and oxygen atoms in total. The summed E-state index contributed by atoms with van der Waals surface area (Å²) in [5.41, 5.74) is 3.53. The zero-order valence-corrected chi connectivity index (χ0v) is 17.5. The van der Waals surface area contributed by atoms with Crippen LogP contribution in [0.3, 0.4) is 0 Å². The zero-order chi connectivity index (χ0) is 20.5. The van der Waals surface area contributed by atoms with E-state index in [9.17, 15) is 13.2 Å². The van der Waals surface area contributed by atoms with Crippen molar-refractivity contribution in [2.24, 2.45) is 0 Å². The van der Waals surface area contributed by atoms with Gasteiger partial charge in [-0.2, -0.15) is 0 Å². The Balaban J connectivity index is 1.93. The number of sulfonamides is 1. The molecule has 1 amide bonds. The second-order valence-electron chi connectivity index (χ2n) is 7.19. The number of nitrogens with zero attached hydrogens (tertiary/aromatic N) is 1. The molecule has 0 spiro atoms. The van der Waals surface area contributed by atoms with Gasteiger partial charge < -0.3 is 9.64 Å². The molecule has 7 heteroatoms. The van der Waals surface area contributed by atoms with Crippen molar-refractivity contribution in [2.75, 3.05) is 18.6 Å². The number of hydrogen-bond acceptors (Lipinski definition) is 4. The number of methoxy groups -OCH3 is 1. The van der Waals surface area contributed by atoms with E-state index in [2.05, 4.69) is 4.72 Å². The number of anilines is 1. The third-order valence-corrected chi connectivity index (χ3v) is 6.60. The van der Waals surface area contributed by atoms with Crippen LogP contribution in [-0.2, 0) is 14.8 Å². The minimum atomic E-state index is -3.78. The molecule has 2 aromatic rings. The van der Waals surface area contributed by atoms with Crippen LogP contribution in [-0.4, -0.2) is 28.0 Å². The summed E-state index contributed by atoms with van der Waals surface area (Å²) in [6, 6.07) is 10.2. The normalized spacial score (nSPS) is 15.7. The van der Waals surface area contributed by atoms with Gasteiger partial charge in [0, 0.05) is 19.0 Å². The van der Waals surface area contributed by atoms with Crippen LogP contribution >= 0.6 is 0 Å². The van der Waals surface area contributed by atoms with Gasteiger partial charge in [-0.15, -0.1) is 0 Å². The third kappa shape index (κ3) is 4.05. The molecule has 0 saturated carbocycles. The lowest BCUT2D eigenvalue weighted by Gasteiger charge is -2.21. The van der Waals surface area contributed by atoms with Gasteiger partial charge in [-0.1, -0.05) is 23.8 Å². The van der Waals surface area contributed by atoms with Crippen molar-refractivity contribution in [1.82, 2.24) is 4.72 Å². The third-order valence-electron chi connectivity index (χ3n) is 5.06. The van der Waals surface area contributed by atoms with Gasteiger partial charge in [0.2, 0.25) is 15.9 Å². The maximum Gasteiger partial charge on any atom is 0.241 e. The minimum absolute atomic E-state index is 0.0236. The molecular weight excluding hydrogens is 376 g/mol. The Morgan fingerprint density at radius 3 is 2.54 bits per heavy atom. The van der Waals surface area contributed by atoms with Crippen molar-refractivity contribution in [1.29, 1.82) is 0 Å². The van der Waals surface area contributed by atoms with Gasteiger partial charge in [0.15, 0.2) is 0 Å². The molecule has 150 valence electrons. The second kappa shape index (κ2) is 7.93. The van der Waals surface area contributed by atoms with Crippen molar-refractivity contribution in [3.8, 4) is 5.75 Å². The first-order chi connectivity index (χ1) is 13.2. The van der Waals surface area contributed by atoms with E-state index in [4.69, 9.17) is 4.74 Å². The fourth-order valence-corrected chi connectivity index (χ4v) is 4.78. The van der Waals surface area contributed by atoms with Gasteiger partial charge in [-0.25, -0.2) is 13.1 Å². The van der Waals surface area contributed by atoms with E-state index in [-0.39, 0.29) is 16.8 Å². The smallest absolute Gasteiger partial charge is 0.241 e. The maximum atomic E-state index is 13.0. The summed E-state index contributed by atoms with van der Waals surface area (Å²) in [6.07, 6.45) is 1.21. The number of rotatable bonds is 6. The molecule has 1 heterocycles. The predicted molar refractivity (Wildman–Crippen MR) is 109 cm³/mol. The SMILES string of the molecule is COc1ccc(S(=O)(=O)N[C@H](C)c2cc(C)ccc2C)cc1N1CCCC1=O. The molecule has 0 radical (unpaired) electrons. The highest BCUT2D eigenvalue weighted by molar-refractivity contribution is 7.89. The van der Waals surface area contributed by atoms with E-state index >= 15 is 0 Å². The van der Waals surface area contributed by atoms with Gasteiger partial charge in [0.1, 0.15) is 5.75 Å². The summed E-state index contributed by atoms with van der Waals surface area (Å²) in [5, 5.41) is 0. The Labute approximate surface area is 166 Å². The van der Waals surface area contributed by atoms with Crippen molar-refractivity contribution < 1.29 is 17.9 Å². The first-order valence-corrected chi connectivity index (χ1v) is 10.8. The van der Waals surface area contributed by atoms with Gasteiger partial charge in [-0.3, -0.25) is 4.79 Å². The first kappa shape index (κ1) is 20.4. The lowest BCUT2D eigenvalue weighted by atomic mass is 10.0. The highest BCUT2D eigenvalue weighted by atomic mass is 32.2. The van der Waals surface area contributed by atoms with Gasteiger partial charge in [0.05, 0.1) is 17.7 Å². The number of carbonyl (C=O) groups is 1. The lowest BCUT2D eigenvalue weighted by Crippen LogP contribution is -2.28. The van der Waals surface area contributed by atoms with Gasteiger partial charge in [0.25, 0.3) is 0 Å². The number of hydrogen-bond donors (Lipinski definition) is 1. The Kier molecular flexibility index (Phi) is 5.76. The fourth-order valence-electron chi connectivity index (χ4n) is 3.54. The molecule has 1 saturated heterocycles. The highest BCUT2D eigenvalue weighted by Crippen LogP contribution is 2.34. The number of benzene rings is 2. The monoisotopic (exact) mass is 402 g/mol. The quantitative estimate of drug-likeness (QED) is 0.803. The van der Waals surface area contributed by atoms with E-state index in [0.717, 1.165) is 23.1 Å². The van der Waals surface area contributed by atoms with Crippen molar-refractivity contribution in [2.45, 2.75) is 44.6 Å². The van der Waals surface area contributed by atoms with Crippen LogP contribution in [0.5, 0.6) is 5.75 Å². The Hall–Kier alpha value is -2.38. The second-order valence-corrected chi connectivity index (χ2v) is 8.90. The Morgan fingerprint density at radius 2 is 1.89 bits per heavy atom. The molecule has 1 aliphatic heterocycles. The van der Waals surface area contributed by atoms with E-state index in [1.54, 1.807) is 11.0 Å². The average molecular weight is 403 g/mol. The molecule has 0 unspecified atom stereocenters. The molecule has 3 rings (SSSR count). The van der Waals surface area contributed by atoms with E-state index < -0.39 is 10.0 Å². The van der Waals surface area contributed by atoms with Crippen LogP contribution in [0, 0.1) is 13.8 Å². The van der Waals surface area contributed by atoms with Crippen molar-refractivity contribution in [3.05, 3.63) is 53.1 Å². The standard InChI is InChI=1S/C21H26N2O4S/c1-14-7-8-15(2)18(12-14)16(3)22-28(25,26)17-9-10-20(27-4)19(13-17)23-11-5-6-21(23)24/h7-10,12-13,16,22H,5-6,11H2,1-4H3/t16-/m1/s1.